The van der Waals surface area contributed by atoms with Gasteiger partial charge < -0.3 is 19.7 Å². The fraction of sp³-hybridized carbons (Fsp3) is 0.500. The SMILES string of the molecule is Cn1cnc2cc(NC(=O)N3CCN(C4CCCC4)C(=O)C3)ccc21. The molecule has 2 fully saturated rings. The second kappa shape index (κ2) is 6.38. The Hall–Kier alpha value is -2.57. The number of piperazine rings is 1. The van der Waals surface area contributed by atoms with E-state index in [1.165, 1.54) is 12.8 Å². The molecule has 1 aliphatic carbocycles. The third-order valence-electron chi connectivity index (χ3n) is 5.29. The molecule has 1 aromatic carbocycles. The summed E-state index contributed by atoms with van der Waals surface area (Å²) in [6, 6.07) is 5.79. The fourth-order valence-electron chi connectivity index (χ4n) is 3.88. The van der Waals surface area contributed by atoms with Gasteiger partial charge in [0.05, 0.1) is 17.4 Å². The minimum atomic E-state index is -0.227. The van der Waals surface area contributed by atoms with Crippen LogP contribution in [0.2, 0.25) is 0 Å². The number of carbonyl (C=O) groups excluding carboxylic acids is 2. The molecule has 132 valence electrons. The largest absolute Gasteiger partial charge is 0.336 e. The van der Waals surface area contributed by atoms with Crippen molar-refractivity contribution < 1.29 is 9.59 Å². The lowest BCUT2D eigenvalue weighted by molar-refractivity contribution is -0.137. The maximum Gasteiger partial charge on any atom is 0.322 e. The van der Waals surface area contributed by atoms with Crippen LogP contribution in [0.4, 0.5) is 10.5 Å². The number of anilines is 1. The first-order chi connectivity index (χ1) is 12.1. The van der Waals surface area contributed by atoms with Gasteiger partial charge in [0.15, 0.2) is 0 Å². The van der Waals surface area contributed by atoms with Gasteiger partial charge in [-0.15, -0.1) is 0 Å². The highest BCUT2D eigenvalue weighted by atomic mass is 16.2. The van der Waals surface area contributed by atoms with Crippen molar-refractivity contribution in [2.24, 2.45) is 7.05 Å². The smallest absolute Gasteiger partial charge is 0.322 e. The van der Waals surface area contributed by atoms with Gasteiger partial charge in [0, 0.05) is 31.9 Å². The van der Waals surface area contributed by atoms with Crippen molar-refractivity contribution in [3.8, 4) is 0 Å². The first kappa shape index (κ1) is 15.9. The summed E-state index contributed by atoms with van der Waals surface area (Å²) in [6.07, 6.45) is 6.35. The van der Waals surface area contributed by atoms with E-state index in [4.69, 9.17) is 0 Å². The first-order valence-electron chi connectivity index (χ1n) is 8.88. The zero-order valence-electron chi connectivity index (χ0n) is 14.4. The van der Waals surface area contributed by atoms with Crippen molar-refractivity contribution >= 4 is 28.7 Å². The number of rotatable bonds is 2. The van der Waals surface area contributed by atoms with E-state index in [2.05, 4.69) is 10.3 Å². The van der Waals surface area contributed by atoms with Gasteiger partial charge in [-0.25, -0.2) is 9.78 Å². The molecule has 2 heterocycles. The second-order valence-corrected chi connectivity index (χ2v) is 6.94. The summed E-state index contributed by atoms with van der Waals surface area (Å²) in [5, 5.41) is 2.88. The molecule has 1 saturated heterocycles. The quantitative estimate of drug-likeness (QED) is 0.910. The van der Waals surface area contributed by atoms with E-state index < -0.39 is 0 Å². The summed E-state index contributed by atoms with van der Waals surface area (Å²) in [5.74, 6) is 0.0634. The van der Waals surface area contributed by atoms with Crippen molar-refractivity contribution in [3.63, 3.8) is 0 Å². The van der Waals surface area contributed by atoms with E-state index in [9.17, 15) is 9.59 Å². The molecular formula is C18H23N5O2. The second-order valence-electron chi connectivity index (χ2n) is 6.94. The highest BCUT2D eigenvalue weighted by Crippen LogP contribution is 2.25. The van der Waals surface area contributed by atoms with E-state index in [0.29, 0.717) is 24.8 Å². The van der Waals surface area contributed by atoms with Crippen molar-refractivity contribution in [2.45, 2.75) is 31.7 Å². The lowest BCUT2D eigenvalue weighted by atomic mass is 10.2. The number of hydrogen-bond acceptors (Lipinski definition) is 3. The van der Waals surface area contributed by atoms with Crippen LogP contribution < -0.4 is 5.32 Å². The van der Waals surface area contributed by atoms with Crippen LogP contribution in [-0.4, -0.2) is 57.0 Å². The predicted octanol–water partition coefficient (Wildman–Crippen LogP) is 2.19. The number of aryl methyl sites for hydroxylation is 1. The number of aromatic nitrogens is 2. The summed E-state index contributed by atoms with van der Waals surface area (Å²) in [7, 11) is 1.93. The van der Waals surface area contributed by atoms with Crippen LogP contribution in [0.25, 0.3) is 11.0 Å². The minimum absolute atomic E-state index is 0.0634. The maximum absolute atomic E-state index is 12.5. The molecule has 0 bridgehead atoms. The first-order valence-corrected chi connectivity index (χ1v) is 8.88. The molecule has 1 aliphatic heterocycles. The van der Waals surface area contributed by atoms with Gasteiger partial charge >= 0.3 is 6.03 Å². The Morgan fingerprint density at radius 2 is 2.04 bits per heavy atom. The van der Waals surface area contributed by atoms with Crippen molar-refractivity contribution in [1.82, 2.24) is 19.4 Å². The van der Waals surface area contributed by atoms with Crippen LogP contribution in [-0.2, 0) is 11.8 Å². The zero-order chi connectivity index (χ0) is 17.4. The molecular weight excluding hydrogens is 318 g/mol. The van der Waals surface area contributed by atoms with E-state index >= 15 is 0 Å². The summed E-state index contributed by atoms with van der Waals surface area (Å²) >= 11 is 0. The number of fused-ring (bicyclic) bond motifs is 1. The highest BCUT2D eigenvalue weighted by Gasteiger charge is 2.32. The Morgan fingerprint density at radius 1 is 1.24 bits per heavy atom. The Balaban J connectivity index is 1.40. The summed E-state index contributed by atoms with van der Waals surface area (Å²) in [6.45, 7) is 1.38. The van der Waals surface area contributed by atoms with Gasteiger partial charge in [-0.3, -0.25) is 4.79 Å². The molecule has 0 radical (unpaired) electrons. The van der Waals surface area contributed by atoms with Crippen molar-refractivity contribution in [3.05, 3.63) is 24.5 Å². The summed E-state index contributed by atoms with van der Waals surface area (Å²) < 4.78 is 1.93. The van der Waals surface area contributed by atoms with Crippen LogP contribution in [0, 0.1) is 0 Å². The molecule has 1 N–H and O–H groups in total. The Morgan fingerprint density at radius 3 is 2.80 bits per heavy atom. The van der Waals surface area contributed by atoms with Crippen LogP contribution in [0.1, 0.15) is 25.7 Å². The number of imidazole rings is 1. The molecule has 1 aromatic heterocycles. The average Bonchev–Trinajstić information content (AvgIpc) is 3.25. The number of urea groups is 1. The van der Waals surface area contributed by atoms with Crippen LogP contribution in [0.5, 0.6) is 0 Å². The standard InChI is InChI=1S/C18H23N5O2/c1-21-12-19-15-10-13(6-7-16(15)21)20-18(25)22-8-9-23(17(24)11-22)14-4-2-3-5-14/h6-7,10,12,14H,2-5,8-9,11H2,1H3,(H,20,25). The topological polar surface area (TPSA) is 70.5 Å². The molecule has 7 nitrogen and oxygen atoms in total. The molecule has 3 amide bonds. The monoisotopic (exact) mass is 341 g/mol. The van der Waals surface area contributed by atoms with Gasteiger partial charge in [-0.2, -0.15) is 0 Å². The lowest BCUT2D eigenvalue weighted by Gasteiger charge is -2.37. The fourth-order valence-corrected chi connectivity index (χ4v) is 3.88. The van der Waals surface area contributed by atoms with Crippen LogP contribution in [0.3, 0.4) is 0 Å². The Bertz CT molecular complexity index is 809. The van der Waals surface area contributed by atoms with Gasteiger partial charge in [0.25, 0.3) is 0 Å². The van der Waals surface area contributed by atoms with Gasteiger partial charge in [-0.05, 0) is 31.0 Å². The van der Waals surface area contributed by atoms with E-state index in [-0.39, 0.29) is 18.5 Å². The number of nitrogens with one attached hydrogen (secondary N) is 1. The molecule has 7 heteroatoms. The lowest BCUT2D eigenvalue weighted by Crippen LogP contribution is -2.55. The normalized spacial score (nSPS) is 19.0. The van der Waals surface area contributed by atoms with Gasteiger partial charge in [0.2, 0.25) is 5.91 Å². The molecule has 1 saturated carbocycles. The van der Waals surface area contributed by atoms with Gasteiger partial charge in [-0.1, -0.05) is 12.8 Å². The number of hydrogen-bond donors (Lipinski definition) is 1. The third kappa shape index (κ3) is 3.06. The summed E-state index contributed by atoms with van der Waals surface area (Å²) in [5.41, 5.74) is 2.54. The molecule has 25 heavy (non-hydrogen) atoms. The number of carbonyl (C=O) groups is 2. The predicted molar refractivity (Wildman–Crippen MR) is 95.3 cm³/mol. The Labute approximate surface area is 146 Å². The Kier molecular flexibility index (Phi) is 4.07. The van der Waals surface area contributed by atoms with Crippen LogP contribution >= 0.6 is 0 Å². The van der Waals surface area contributed by atoms with Gasteiger partial charge in [0.1, 0.15) is 6.54 Å². The zero-order valence-corrected chi connectivity index (χ0v) is 14.4. The minimum Gasteiger partial charge on any atom is -0.336 e. The highest BCUT2D eigenvalue weighted by molar-refractivity contribution is 5.94. The molecule has 2 aromatic rings. The van der Waals surface area contributed by atoms with Crippen LogP contribution in [0.15, 0.2) is 24.5 Å². The molecule has 0 spiro atoms. The number of benzene rings is 1. The average molecular weight is 341 g/mol. The molecule has 2 aliphatic rings. The number of nitrogens with zero attached hydrogens (tertiary/aromatic N) is 4. The van der Waals surface area contributed by atoms with Crippen molar-refractivity contribution in [1.29, 1.82) is 0 Å². The number of amides is 3. The molecule has 0 unspecified atom stereocenters. The maximum atomic E-state index is 12.5. The summed E-state index contributed by atoms with van der Waals surface area (Å²) in [4.78, 5) is 32.8. The van der Waals surface area contributed by atoms with Crippen molar-refractivity contribution in [2.75, 3.05) is 25.0 Å². The molecule has 0 atom stereocenters. The third-order valence-corrected chi connectivity index (χ3v) is 5.29. The van der Waals surface area contributed by atoms with E-state index in [0.717, 1.165) is 23.9 Å². The molecule has 4 rings (SSSR count). The van der Waals surface area contributed by atoms with E-state index in [1.54, 1.807) is 11.2 Å². The van der Waals surface area contributed by atoms with E-state index in [1.807, 2.05) is 34.7 Å².